The van der Waals surface area contributed by atoms with Crippen LogP contribution in [-0.4, -0.2) is 20.7 Å². The molecule has 0 spiro atoms. The Balaban J connectivity index is 1.49. The second kappa shape index (κ2) is 6.56. The smallest absolute Gasteiger partial charge is 0.277 e. The van der Waals surface area contributed by atoms with Gasteiger partial charge in [0.2, 0.25) is 0 Å². The van der Waals surface area contributed by atoms with Crippen molar-refractivity contribution in [1.82, 2.24) is 14.8 Å². The second-order valence-electron chi connectivity index (χ2n) is 6.86. The van der Waals surface area contributed by atoms with Crippen molar-refractivity contribution in [3.05, 3.63) is 83.4 Å². The molecule has 1 N–H and O–H groups in total. The van der Waals surface area contributed by atoms with E-state index in [1.807, 2.05) is 30.3 Å². The van der Waals surface area contributed by atoms with Crippen LogP contribution < -0.4 is 5.32 Å². The summed E-state index contributed by atoms with van der Waals surface area (Å²) in [5.74, 6) is -0.0820. The standard InChI is InChI=1S/C22H17FN4O/c23-15-9-11-16(12-10-15)27-19-7-3-5-17(19)21(26-27)22(28)25-20-13-8-14-4-1-2-6-18(14)24-20/h1-2,4,6,8-13H,3,5,7H2,(H,24,25,28). The summed E-state index contributed by atoms with van der Waals surface area (Å²) in [4.78, 5) is 17.4. The first kappa shape index (κ1) is 16.6. The summed E-state index contributed by atoms with van der Waals surface area (Å²) >= 11 is 0. The summed E-state index contributed by atoms with van der Waals surface area (Å²) in [5, 5.41) is 8.43. The van der Waals surface area contributed by atoms with Gasteiger partial charge in [-0.15, -0.1) is 0 Å². The fourth-order valence-corrected chi connectivity index (χ4v) is 3.73. The number of hydrogen-bond acceptors (Lipinski definition) is 3. The number of para-hydroxylation sites is 1. The molecule has 0 saturated heterocycles. The van der Waals surface area contributed by atoms with Gasteiger partial charge >= 0.3 is 0 Å². The van der Waals surface area contributed by atoms with Crippen LogP contribution in [0.3, 0.4) is 0 Å². The Labute approximate surface area is 160 Å². The van der Waals surface area contributed by atoms with E-state index in [-0.39, 0.29) is 11.7 Å². The lowest BCUT2D eigenvalue weighted by molar-refractivity contribution is 0.102. The molecule has 0 radical (unpaired) electrons. The van der Waals surface area contributed by atoms with Crippen LogP contribution in [0.1, 0.15) is 28.2 Å². The number of carbonyl (C=O) groups is 1. The lowest BCUT2D eigenvalue weighted by atomic mass is 10.2. The van der Waals surface area contributed by atoms with E-state index in [4.69, 9.17) is 0 Å². The van der Waals surface area contributed by atoms with E-state index in [0.29, 0.717) is 11.5 Å². The average Bonchev–Trinajstić information content (AvgIpc) is 3.31. The van der Waals surface area contributed by atoms with Crippen LogP contribution in [0.25, 0.3) is 16.6 Å². The van der Waals surface area contributed by atoms with Gasteiger partial charge in [0.05, 0.1) is 11.2 Å². The Morgan fingerprint density at radius 3 is 2.68 bits per heavy atom. The molecule has 1 amide bonds. The maximum atomic E-state index is 13.3. The number of nitrogens with one attached hydrogen (secondary N) is 1. The monoisotopic (exact) mass is 372 g/mol. The highest BCUT2D eigenvalue weighted by Crippen LogP contribution is 2.28. The Kier molecular flexibility index (Phi) is 3.90. The Morgan fingerprint density at radius 2 is 1.82 bits per heavy atom. The summed E-state index contributed by atoms with van der Waals surface area (Å²) in [6.45, 7) is 0. The van der Waals surface area contributed by atoms with Gasteiger partial charge in [-0.1, -0.05) is 18.2 Å². The third-order valence-corrected chi connectivity index (χ3v) is 5.06. The van der Waals surface area contributed by atoms with Gasteiger partial charge in [-0.05, 0) is 61.7 Å². The molecule has 0 atom stereocenters. The van der Waals surface area contributed by atoms with Crippen LogP contribution in [0.15, 0.2) is 60.7 Å². The molecule has 1 aliphatic rings. The van der Waals surface area contributed by atoms with Crippen molar-refractivity contribution in [2.75, 3.05) is 5.32 Å². The van der Waals surface area contributed by atoms with Crippen molar-refractivity contribution >= 4 is 22.6 Å². The number of pyridine rings is 1. The van der Waals surface area contributed by atoms with E-state index < -0.39 is 0 Å². The molecule has 5 nitrogen and oxygen atoms in total. The predicted molar refractivity (Wildman–Crippen MR) is 105 cm³/mol. The topological polar surface area (TPSA) is 59.8 Å². The van der Waals surface area contributed by atoms with Crippen LogP contribution in [0, 0.1) is 5.82 Å². The van der Waals surface area contributed by atoms with Crippen LogP contribution >= 0.6 is 0 Å². The number of rotatable bonds is 3. The molecule has 0 aliphatic heterocycles. The van der Waals surface area contributed by atoms with Crippen molar-refractivity contribution in [3.8, 4) is 5.69 Å². The highest BCUT2D eigenvalue weighted by molar-refractivity contribution is 6.04. The number of hydrogen-bond donors (Lipinski definition) is 1. The minimum absolute atomic E-state index is 0.276. The third kappa shape index (κ3) is 2.83. The predicted octanol–water partition coefficient (Wildman–Crippen LogP) is 4.30. The average molecular weight is 372 g/mol. The number of benzene rings is 2. The Bertz CT molecular complexity index is 1200. The maximum Gasteiger partial charge on any atom is 0.277 e. The van der Waals surface area contributed by atoms with E-state index in [2.05, 4.69) is 15.4 Å². The highest BCUT2D eigenvalue weighted by Gasteiger charge is 2.27. The lowest BCUT2D eigenvalue weighted by Gasteiger charge is -2.06. The zero-order chi connectivity index (χ0) is 19.1. The molecule has 0 saturated carbocycles. The number of nitrogens with zero attached hydrogens (tertiary/aromatic N) is 3. The number of amides is 1. The molecule has 0 bridgehead atoms. The van der Waals surface area contributed by atoms with Gasteiger partial charge in [0.25, 0.3) is 5.91 Å². The van der Waals surface area contributed by atoms with Crippen LogP contribution in [0.2, 0.25) is 0 Å². The molecule has 5 rings (SSSR count). The highest BCUT2D eigenvalue weighted by atomic mass is 19.1. The minimum Gasteiger partial charge on any atom is -0.305 e. The lowest BCUT2D eigenvalue weighted by Crippen LogP contribution is -2.15. The molecule has 2 heterocycles. The van der Waals surface area contributed by atoms with Gasteiger partial charge in [-0.2, -0.15) is 5.10 Å². The summed E-state index contributed by atoms with van der Waals surface area (Å²) < 4.78 is 15.0. The van der Waals surface area contributed by atoms with Gasteiger partial charge in [0.15, 0.2) is 5.69 Å². The van der Waals surface area contributed by atoms with Gasteiger partial charge < -0.3 is 5.32 Å². The largest absolute Gasteiger partial charge is 0.305 e. The first-order valence-electron chi connectivity index (χ1n) is 9.23. The Hall–Kier alpha value is -3.54. The van der Waals surface area contributed by atoms with E-state index in [1.54, 1.807) is 22.9 Å². The summed E-state index contributed by atoms with van der Waals surface area (Å²) in [7, 11) is 0. The van der Waals surface area contributed by atoms with Crippen LogP contribution in [0.5, 0.6) is 0 Å². The van der Waals surface area contributed by atoms with E-state index in [9.17, 15) is 9.18 Å². The van der Waals surface area contributed by atoms with Crippen molar-refractivity contribution in [2.24, 2.45) is 0 Å². The summed E-state index contributed by atoms with van der Waals surface area (Å²) in [6, 6.07) is 17.6. The number of halogens is 1. The molecule has 2 aromatic heterocycles. The zero-order valence-corrected chi connectivity index (χ0v) is 15.0. The molecular formula is C22H17FN4O. The van der Waals surface area contributed by atoms with Crippen molar-refractivity contribution in [3.63, 3.8) is 0 Å². The molecule has 28 heavy (non-hydrogen) atoms. The summed E-state index contributed by atoms with van der Waals surface area (Å²) in [5.41, 5.74) is 3.96. The molecule has 138 valence electrons. The fraction of sp³-hybridized carbons (Fsp3) is 0.136. The van der Waals surface area contributed by atoms with E-state index in [1.165, 1.54) is 12.1 Å². The maximum absolute atomic E-state index is 13.3. The number of anilines is 1. The zero-order valence-electron chi connectivity index (χ0n) is 15.0. The van der Waals surface area contributed by atoms with Gasteiger partial charge in [0.1, 0.15) is 11.6 Å². The van der Waals surface area contributed by atoms with Crippen molar-refractivity contribution < 1.29 is 9.18 Å². The molecule has 4 aromatic rings. The minimum atomic E-state index is -0.298. The van der Waals surface area contributed by atoms with Crippen LogP contribution in [-0.2, 0) is 12.8 Å². The third-order valence-electron chi connectivity index (χ3n) is 5.06. The summed E-state index contributed by atoms with van der Waals surface area (Å²) in [6.07, 6.45) is 2.63. The molecular weight excluding hydrogens is 355 g/mol. The fourth-order valence-electron chi connectivity index (χ4n) is 3.73. The molecule has 1 aliphatic carbocycles. The van der Waals surface area contributed by atoms with E-state index >= 15 is 0 Å². The normalized spacial score (nSPS) is 12.9. The first-order chi connectivity index (χ1) is 13.7. The number of fused-ring (bicyclic) bond motifs is 2. The molecule has 2 aromatic carbocycles. The Morgan fingerprint density at radius 1 is 1.00 bits per heavy atom. The quantitative estimate of drug-likeness (QED) is 0.583. The first-order valence-corrected chi connectivity index (χ1v) is 9.23. The SMILES string of the molecule is O=C(Nc1ccc2ccccc2n1)c1nn(-c2ccc(F)cc2)c2c1CCC2. The second-order valence-corrected chi connectivity index (χ2v) is 6.86. The number of carbonyl (C=O) groups excluding carboxylic acids is 1. The van der Waals surface area contributed by atoms with Gasteiger partial charge in [-0.3, -0.25) is 4.79 Å². The number of aromatic nitrogens is 3. The van der Waals surface area contributed by atoms with Crippen LogP contribution in [0.4, 0.5) is 10.2 Å². The van der Waals surface area contributed by atoms with Gasteiger partial charge in [-0.25, -0.2) is 14.1 Å². The molecule has 0 unspecified atom stereocenters. The van der Waals surface area contributed by atoms with Gasteiger partial charge in [0, 0.05) is 16.6 Å². The van der Waals surface area contributed by atoms with Crippen molar-refractivity contribution in [2.45, 2.75) is 19.3 Å². The van der Waals surface area contributed by atoms with E-state index in [0.717, 1.165) is 47.1 Å². The molecule has 0 fully saturated rings. The molecule has 6 heteroatoms. The van der Waals surface area contributed by atoms with Crippen molar-refractivity contribution in [1.29, 1.82) is 0 Å².